The van der Waals surface area contributed by atoms with E-state index in [1.54, 1.807) is 6.07 Å². The van der Waals surface area contributed by atoms with Crippen LogP contribution in [-0.2, 0) is 0 Å². The molecule has 0 bridgehead atoms. The Morgan fingerprint density at radius 1 is 0.850 bits per heavy atom. The van der Waals surface area contributed by atoms with Crippen LogP contribution in [0.5, 0.6) is 5.75 Å². The number of rotatable bonds is 3. The van der Waals surface area contributed by atoms with Crippen LogP contribution < -0.4 is 0 Å². The van der Waals surface area contributed by atoms with Crippen molar-refractivity contribution >= 4 is 10.8 Å². The van der Waals surface area contributed by atoms with Gasteiger partial charge >= 0.3 is 0 Å². The molecule has 1 atom stereocenters. The topological polar surface area (TPSA) is 20.2 Å². The monoisotopic (exact) mass is 262 g/mol. The number of fused-ring (bicyclic) bond motifs is 1. The molecule has 1 unspecified atom stereocenters. The number of phenolic OH excluding ortho intramolecular Hbond substituents is 1. The fraction of sp³-hybridized carbons (Fsp3) is 0.158. The van der Waals surface area contributed by atoms with Gasteiger partial charge in [0.2, 0.25) is 0 Å². The summed E-state index contributed by atoms with van der Waals surface area (Å²) in [4.78, 5) is 0. The van der Waals surface area contributed by atoms with Gasteiger partial charge in [-0.05, 0) is 28.8 Å². The summed E-state index contributed by atoms with van der Waals surface area (Å²) in [5, 5.41) is 12.6. The number of hydrogen-bond donors (Lipinski definition) is 1. The minimum atomic E-state index is 0.237. The maximum Gasteiger partial charge on any atom is 0.119 e. The van der Waals surface area contributed by atoms with E-state index in [1.165, 1.54) is 16.3 Å². The van der Waals surface area contributed by atoms with Gasteiger partial charge in [0, 0.05) is 11.5 Å². The summed E-state index contributed by atoms with van der Waals surface area (Å²) in [5.74, 6) is 0.619. The average Bonchev–Trinajstić information content (AvgIpc) is 2.50. The smallest absolute Gasteiger partial charge is 0.119 e. The van der Waals surface area contributed by atoms with Crippen molar-refractivity contribution in [2.45, 2.75) is 19.3 Å². The summed E-state index contributed by atoms with van der Waals surface area (Å²) in [6, 6.07) is 22.6. The van der Waals surface area contributed by atoms with Crippen LogP contribution in [0.4, 0.5) is 0 Å². The summed E-state index contributed by atoms with van der Waals surface area (Å²) in [6.45, 7) is 2.16. The maximum atomic E-state index is 10.1. The Labute approximate surface area is 119 Å². The van der Waals surface area contributed by atoms with Crippen LogP contribution in [0.3, 0.4) is 0 Å². The number of aromatic hydroxyl groups is 1. The third-order valence-corrected chi connectivity index (χ3v) is 3.90. The lowest BCUT2D eigenvalue weighted by Crippen LogP contribution is -2.00. The second-order valence-electron chi connectivity index (χ2n) is 5.13. The molecular formula is C19H18O. The summed E-state index contributed by atoms with van der Waals surface area (Å²) >= 11 is 0. The highest BCUT2D eigenvalue weighted by molar-refractivity contribution is 5.83. The molecule has 0 saturated heterocycles. The third kappa shape index (κ3) is 2.27. The van der Waals surface area contributed by atoms with E-state index in [2.05, 4.69) is 49.4 Å². The first-order valence-electron chi connectivity index (χ1n) is 7.06. The van der Waals surface area contributed by atoms with Gasteiger partial charge in [-0.25, -0.2) is 0 Å². The molecule has 0 aliphatic rings. The molecule has 0 radical (unpaired) electrons. The van der Waals surface area contributed by atoms with Gasteiger partial charge in [-0.2, -0.15) is 0 Å². The molecule has 0 aliphatic heterocycles. The third-order valence-electron chi connectivity index (χ3n) is 3.90. The van der Waals surface area contributed by atoms with Gasteiger partial charge < -0.3 is 5.11 Å². The van der Waals surface area contributed by atoms with E-state index in [0.717, 1.165) is 12.0 Å². The van der Waals surface area contributed by atoms with Crippen LogP contribution in [0, 0.1) is 0 Å². The highest BCUT2D eigenvalue weighted by atomic mass is 16.3. The van der Waals surface area contributed by atoms with E-state index < -0.39 is 0 Å². The van der Waals surface area contributed by atoms with Crippen molar-refractivity contribution < 1.29 is 5.11 Å². The first-order chi connectivity index (χ1) is 9.79. The molecule has 20 heavy (non-hydrogen) atoms. The standard InChI is InChI=1S/C19H18O/c1-2-17(18-9-5-6-10-19(18)20)16-12-11-14-7-3-4-8-15(14)13-16/h3-13,17,20H,2H2,1H3. The van der Waals surface area contributed by atoms with Crippen molar-refractivity contribution in [3.05, 3.63) is 77.9 Å². The van der Waals surface area contributed by atoms with Crippen molar-refractivity contribution in [2.24, 2.45) is 0 Å². The molecule has 0 aliphatic carbocycles. The Morgan fingerprint density at radius 3 is 2.30 bits per heavy atom. The predicted molar refractivity (Wildman–Crippen MR) is 84.2 cm³/mol. The predicted octanol–water partition coefficient (Wildman–Crippen LogP) is 5.09. The van der Waals surface area contributed by atoms with Crippen molar-refractivity contribution in [2.75, 3.05) is 0 Å². The molecular weight excluding hydrogens is 244 g/mol. The zero-order chi connectivity index (χ0) is 13.9. The summed E-state index contributed by atoms with van der Waals surface area (Å²) in [5.41, 5.74) is 2.26. The Bertz CT molecular complexity index is 730. The van der Waals surface area contributed by atoms with Crippen molar-refractivity contribution in [1.82, 2.24) is 0 Å². The number of para-hydroxylation sites is 1. The zero-order valence-electron chi connectivity index (χ0n) is 11.6. The molecule has 1 nitrogen and oxygen atoms in total. The van der Waals surface area contributed by atoms with Crippen molar-refractivity contribution in [1.29, 1.82) is 0 Å². The molecule has 0 spiro atoms. The van der Waals surface area contributed by atoms with Gasteiger partial charge in [-0.1, -0.05) is 67.6 Å². The molecule has 0 fully saturated rings. The molecule has 1 N–H and O–H groups in total. The first-order valence-corrected chi connectivity index (χ1v) is 7.06. The van der Waals surface area contributed by atoms with Gasteiger partial charge in [-0.15, -0.1) is 0 Å². The van der Waals surface area contributed by atoms with Crippen molar-refractivity contribution in [3.63, 3.8) is 0 Å². The van der Waals surface area contributed by atoms with E-state index in [9.17, 15) is 5.11 Å². The van der Waals surface area contributed by atoms with Crippen LogP contribution in [0.2, 0.25) is 0 Å². The van der Waals surface area contributed by atoms with Crippen molar-refractivity contribution in [3.8, 4) is 5.75 Å². The molecule has 0 amide bonds. The second kappa shape index (κ2) is 5.38. The summed E-state index contributed by atoms with van der Waals surface area (Å²) < 4.78 is 0. The average molecular weight is 262 g/mol. The Hall–Kier alpha value is -2.28. The first kappa shape index (κ1) is 12.7. The van der Waals surface area contributed by atoms with E-state index in [4.69, 9.17) is 0 Å². The molecule has 3 aromatic rings. The molecule has 1 heteroatoms. The lowest BCUT2D eigenvalue weighted by Gasteiger charge is -2.18. The van der Waals surface area contributed by atoms with Crippen LogP contribution in [0.1, 0.15) is 30.4 Å². The maximum absolute atomic E-state index is 10.1. The zero-order valence-corrected chi connectivity index (χ0v) is 11.6. The van der Waals surface area contributed by atoms with Gasteiger partial charge in [-0.3, -0.25) is 0 Å². The van der Waals surface area contributed by atoms with E-state index in [0.29, 0.717) is 5.75 Å². The highest BCUT2D eigenvalue weighted by Gasteiger charge is 2.15. The summed E-state index contributed by atoms with van der Waals surface area (Å²) in [6.07, 6.45) is 0.968. The molecule has 0 saturated carbocycles. The summed E-state index contributed by atoms with van der Waals surface area (Å²) in [7, 11) is 0. The largest absolute Gasteiger partial charge is 0.508 e. The molecule has 3 aromatic carbocycles. The number of benzene rings is 3. The lowest BCUT2D eigenvalue weighted by atomic mass is 9.87. The minimum absolute atomic E-state index is 0.237. The molecule has 0 heterocycles. The van der Waals surface area contributed by atoms with Gasteiger partial charge in [0.25, 0.3) is 0 Å². The fourth-order valence-corrected chi connectivity index (χ4v) is 2.84. The Kier molecular flexibility index (Phi) is 3.42. The molecule has 3 rings (SSSR count). The van der Waals surface area contributed by atoms with Gasteiger partial charge in [0.15, 0.2) is 0 Å². The number of phenols is 1. The van der Waals surface area contributed by atoms with E-state index >= 15 is 0 Å². The van der Waals surface area contributed by atoms with E-state index in [-0.39, 0.29) is 5.92 Å². The van der Waals surface area contributed by atoms with Crippen LogP contribution in [0.25, 0.3) is 10.8 Å². The highest BCUT2D eigenvalue weighted by Crippen LogP contribution is 2.34. The Balaban J connectivity index is 2.10. The van der Waals surface area contributed by atoms with Gasteiger partial charge in [0.05, 0.1) is 0 Å². The SMILES string of the molecule is CCC(c1ccc2ccccc2c1)c1ccccc1O. The quantitative estimate of drug-likeness (QED) is 0.697. The second-order valence-corrected chi connectivity index (χ2v) is 5.13. The van der Waals surface area contributed by atoms with E-state index in [1.807, 2.05) is 18.2 Å². The van der Waals surface area contributed by atoms with Crippen LogP contribution >= 0.6 is 0 Å². The normalized spacial score (nSPS) is 12.4. The molecule has 0 aromatic heterocycles. The van der Waals surface area contributed by atoms with Crippen LogP contribution in [-0.4, -0.2) is 5.11 Å². The van der Waals surface area contributed by atoms with Crippen LogP contribution in [0.15, 0.2) is 66.7 Å². The lowest BCUT2D eigenvalue weighted by molar-refractivity contribution is 0.464. The van der Waals surface area contributed by atoms with Gasteiger partial charge in [0.1, 0.15) is 5.75 Å². The number of hydrogen-bond acceptors (Lipinski definition) is 1. The minimum Gasteiger partial charge on any atom is -0.508 e. The molecule has 100 valence electrons. The Morgan fingerprint density at radius 2 is 1.55 bits per heavy atom. The fourth-order valence-electron chi connectivity index (χ4n) is 2.84.